The third kappa shape index (κ3) is 7.50. The Kier molecular flexibility index (Phi) is 10.8. The van der Waals surface area contributed by atoms with Gasteiger partial charge in [0, 0.05) is 18.7 Å². The predicted octanol–water partition coefficient (Wildman–Crippen LogP) is 4.30. The van der Waals surface area contributed by atoms with Crippen molar-refractivity contribution in [3.8, 4) is 0 Å². The van der Waals surface area contributed by atoms with Gasteiger partial charge in [-0.25, -0.2) is 26.3 Å². The first-order valence-corrected chi connectivity index (χ1v) is 13.6. The summed E-state index contributed by atoms with van der Waals surface area (Å²) in [5.74, 6) is -5.75. The molecule has 0 bridgehead atoms. The van der Waals surface area contributed by atoms with Gasteiger partial charge in [0.2, 0.25) is 17.0 Å². The van der Waals surface area contributed by atoms with Crippen LogP contribution >= 0.6 is 0 Å². The summed E-state index contributed by atoms with van der Waals surface area (Å²) < 4.78 is 105. The summed E-state index contributed by atoms with van der Waals surface area (Å²) in [7, 11) is 0. The molecule has 2 atom stereocenters. The molecule has 2 N–H and O–H groups in total. The number of nitrogens with one attached hydrogen (secondary N) is 2. The number of alkyl halides is 4. The van der Waals surface area contributed by atoms with E-state index in [1.807, 2.05) is 24.5 Å². The molecule has 0 radical (unpaired) electrons. The van der Waals surface area contributed by atoms with Crippen LogP contribution < -0.4 is 15.5 Å². The van der Waals surface area contributed by atoms with Crippen LogP contribution in [0.5, 0.6) is 0 Å². The van der Waals surface area contributed by atoms with Crippen molar-refractivity contribution in [2.24, 2.45) is 0 Å². The number of benzene rings is 2. The first kappa shape index (κ1) is 34.8. The van der Waals surface area contributed by atoms with Crippen molar-refractivity contribution in [3.05, 3.63) is 52.1 Å². The minimum Gasteiger partial charge on any atom is -0.372 e. The van der Waals surface area contributed by atoms with Crippen molar-refractivity contribution in [1.82, 2.24) is 20.9 Å². The van der Waals surface area contributed by atoms with E-state index in [0.29, 0.717) is 19.4 Å². The van der Waals surface area contributed by atoms with Crippen LogP contribution in [0.1, 0.15) is 55.5 Å². The maximum atomic E-state index is 15.1. The van der Waals surface area contributed by atoms with E-state index in [2.05, 4.69) is 14.8 Å². The van der Waals surface area contributed by atoms with Gasteiger partial charge in [0.15, 0.2) is 35.6 Å². The second-order valence-electron chi connectivity index (χ2n) is 10.1. The van der Waals surface area contributed by atoms with Crippen molar-refractivity contribution in [3.63, 3.8) is 0 Å². The fourth-order valence-corrected chi connectivity index (χ4v) is 4.77. The van der Waals surface area contributed by atoms with E-state index in [1.54, 1.807) is 4.90 Å². The van der Waals surface area contributed by atoms with Gasteiger partial charge in [0.25, 0.3) is 24.7 Å². The quantitative estimate of drug-likeness (QED) is 0.194. The number of anilines is 1. The van der Waals surface area contributed by atoms with Crippen molar-refractivity contribution >= 4 is 52.0 Å². The Bertz CT molecular complexity index is 1800. The standard InChI is InChI=1S/C17H18F3N3O4.C11H6F4N2O3/c1-8-5-23(6-9(2)26-8)15-10(7-24)3-11-14(17(25)21-4-12(18)19)22-27-16(11)13(15)20;12-6(13)2-16-11(19)9-5-1-4(3-18)7(14)8(15)10(5)20-17-9/h3,7-9,12H,4-6H2,1-2H3,(H,21,25);1,3,6H,2H2,(H,16,19)/t8-,9-;/m1./s1. The molecule has 252 valence electrons. The summed E-state index contributed by atoms with van der Waals surface area (Å²) in [6, 6.07) is 2.13. The van der Waals surface area contributed by atoms with Gasteiger partial charge in [-0.3, -0.25) is 19.2 Å². The van der Waals surface area contributed by atoms with E-state index < -0.39 is 72.0 Å². The normalized spacial score (nSPS) is 16.4. The lowest BCUT2D eigenvalue weighted by molar-refractivity contribution is -0.00543. The van der Waals surface area contributed by atoms with Crippen molar-refractivity contribution in [1.29, 1.82) is 0 Å². The van der Waals surface area contributed by atoms with E-state index in [9.17, 15) is 45.5 Å². The highest BCUT2D eigenvalue weighted by Crippen LogP contribution is 2.34. The summed E-state index contributed by atoms with van der Waals surface area (Å²) >= 11 is 0. The topological polar surface area (TPSA) is 157 Å². The summed E-state index contributed by atoms with van der Waals surface area (Å²) in [6.45, 7) is 2.58. The molecular weight excluding hydrogens is 651 g/mol. The van der Waals surface area contributed by atoms with Crippen LogP contribution in [0.15, 0.2) is 21.2 Å². The molecule has 4 aromatic rings. The lowest BCUT2D eigenvalue weighted by Crippen LogP contribution is -2.46. The average Bonchev–Trinajstić information content (AvgIpc) is 3.65. The fraction of sp³-hybridized carbons (Fsp3) is 0.357. The molecule has 0 unspecified atom stereocenters. The van der Waals surface area contributed by atoms with Crippen LogP contribution in [0.4, 0.5) is 36.4 Å². The number of fused-ring (bicyclic) bond motifs is 2. The molecule has 12 nitrogen and oxygen atoms in total. The van der Waals surface area contributed by atoms with Gasteiger partial charge in [-0.1, -0.05) is 10.3 Å². The van der Waals surface area contributed by atoms with E-state index in [4.69, 9.17) is 9.26 Å². The number of carbonyl (C=O) groups is 4. The third-order valence-electron chi connectivity index (χ3n) is 6.64. The van der Waals surface area contributed by atoms with Gasteiger partial charge in [0.1, 0.15) is 0 Å². The van der Waals surface area contributed by atoms with E-state index >= 15 is 4.39 Å². The SMILES string of the molecule is C[C@@H]1CN(c2c(C=O)cc3c(C(=O)NCC(F)F)noc3c2F)C[C@@H](C)O1.O=Cc1cc2c(C(=O)NCC(F)F)noc2c(F)c1F. The number of aldehydes is 2. The molecule has 0 spiro atoms. The molecule has 0 saturated carbocycles. The number of rotatable bonds is 9. The van der Waals surface area contributed by atoms with Gasteiger partial charge in [-0.15, -0.1) is 0 Å². The predicted molar refractivity (Wildman–Crippen MR) is 148 cm³/mol. The summed E-state index contributed by atoms with van der Waals surface area (Å²) in [5.41, 5.74) is -2.45. The number of amides is 2. The second-order valence-corrected chi connectivity index (χ2v) is 10.1. The minimum atomic E-state index is -2.78. The molecule has 2 aromatic heterocycles. The Hall–Kier alpha value is -5.07. The number of hydrogen-bond acceptors (Lipinski definition) is 10. The zero-order valence-corrected chi connectivity index (χ0v) is 24.3. The fourth-order valence-electron chi connectivity index (χ4n) is 4.77. The zero-order chi connectivity index (χ0) is 34.6. The largest absolute Gasteiger partial charge is 0.372 e. The highest BCUT2D eigenvalue weighted by atomic mass is 19.3. The molecule has 2 amide bonds. The molecule has 1 saturated heterocycles. The van der Waals surface area contributed by atoms with Crippen molar-refractivity contribution in [2.45, 2.75) is 38.9 Å². The average molecular weight is 676 g/mol. The van der Waals surface area contributed by atoms with E-state index in [-0.39, 0.29) is 51.8 Å². The molecule has 1 fully saturated rings. The Labute approximate surface area is 259 Å². The Morgan fingerprint density at radius 1 is 0.809 bits per heavy atom. The smallest absolute Gasteiger partial charge is 0.274 e. The van der Waals surface area contributed by atoms with Crippen LogP contribution in [-0.2, 0) is 4.74 Å². The molecule has 1 aliphatic heterocycles. The van der Waals surface area contributed by atoms with E-state index in [1.165, 1.54) is 6.07 Å². The number of morpholine rings is 1. The molecule has 0 aliphatic carbocycles. The van der Waals surface area contributed by atoms with Gasteiger partial charge in [-0.05, 0) is 26.0 Å². The van der Waals surface area contributed by atoms with Gasteiger partial charge in [0.05, 0.1) is 47.3 Å². The van der Waals surface area contributed by atoms with Gasteiger partial charge >= 0.3 is 0 Å². The van der Waals surface area contributed by atoms with Gasteiger partial charge < -0.3 is 29.3 Å². The highest BCUT2D eigenvalue weighted by Gasteiger charge is 2.30. The lowest BCUT2D eigenvalue weighted by atomic mass is 10.1. The van der Waals surface area contributed by atoms with Gasteiger partial charge in [-0.2, -0.15) is 4.39 Å². The summed E-state index contributed by atoms with van der Waals surface area (Å²) in [4.78, 5) is 47.4. The van der Waals surface area contributed by atoms with Crippen LogP contribution in [-0.4, -0.2) is 85.9 Å². The maximum absolute atomic E-state index is 15.1. The Morgan fingerprint density at radius 2 is 1.26 bits per heavy atom. The van der Waals surface area contributed by atoms with Crippen LogP contribution in [0.25, 0.3) is 21.9 Å². The molecule has 3 heterocycles. The molecule has 47 heavy (non-hydrogen) atoms. The number of aromatic nitrogens is 2. The Morgan fingerprint density at radius 3 is 1.70 bits per heavy atom. The van der Waals surface area contributed by atoms with Crippen LogP contribution in [0, 0.1) is 17.5 Å². The molecule has 5 rings (SSSR count). The number of ether oxygens (including phenoxy) is 1. The monoisotopic (exact) mass is 675 g/mol. The molecule has 19 heteroatoms. The van der Waals surface area contributed by atoms with Crippen molar-refractivity contribution in [2.75, 3.05) is 31.1 Å². The molecular formula is C28H24F7N5O7. The Balaban J connectivity index is 0.000000223. The highest BCUT2D eigenvalue weighted by molar-refractivity contribution is 6.07. The summed E-state index contributed by atoms with van der Waals surface area (Å²) in [5, 5.41) is 10.2. The lowest BCUT2D eigenvalue weighted by Gasteiger charge is -2.37. The third-order valence-corrected chi connectivity index (χ3v) is 6.64. The molecule has 1 aliphatic rings. The number of nitrogens with zero attached hydrogens (tertiary/aromatic N) is 3. The minimum absolute atomic E-state index is 0.00686. The van der Waals surface area contributed by atoms with Crippen molar-refractivity contribution < 1.29 is 63.7 Å². The number of carbonyl (C=O) groups excluding carboxylic acids is 4. The summed E-state index contributed by atoms with van der Waals surface area (Å²) in [6.07, 6.45) is -5.35. The number of halogens is 7. The number of hydrogen-bond donors (Lipinski definition) is 2. The maximum Gasteiger partial charge on any atom is 0.274 e. The zero-order valence-electron chi connectivity index (χ0n) is 24.3. The van der Waals surface area contributed by atoms with Crippen LogP contribution in [0.3, 0.4) is 0 Å². The van der Waals surface area contributed by atoms with Crippen LogP contribution in [0.2, 0.25) is 0 Å². The van der Waals surface area contributed by atoms with E-state index in [0.717, 1.165) is 6.07 Å². The second kappa shape index (κ2) is 14.6. The first-order valence-electron chi connectivity index (χ1n) is 13.6. The first-order chi connectivity index (χ1) is 22.3. The molecule has 2 aromatic carbocycles.